The van der Waals surface area contributed by atoms with E-state index in [1.807, 2.05) is 12.1 Å². The summed E-state index contributed by atoms with van der Waals surface area (Å²) in [4.78, 5) is 17.1. The average Bonchev–Trinajstić information content (AvgIpc) is 3.16. The molecule has 2 heterocycles. The summed E-state index contributed by atoms with van der Waals surface area (Å²) in [7, 11) is 0. The first-order chi connectivity index (χ1) is 12.3. The number of rotatable bonds is 7. The summed E-state index contributed by atoms with van der Waals surface area (Å²) in [5, 5.41) is 3.39. The van der Waals surface area contributed by atoms with Crippen LogP contribution in [0.3, 0.4) is 0 Å². The summed E-state index contributed by atoms with van der Waals surface area (Å²) >= 11 is 0. The highest BCUT2D eigenvalue weighted by Gasteiger charge is 2.30. The van der Waals surface area contributed by atoms with E-state index in [-0.39, 0.29) is 12.4 Å². The van der Waals surface area contributed by atoms with Gasteiger partial charge in [-0.15, -0.1) is 12.4 Å². The van der Waals surface area contributed by atoms with E-state index in [2.05, 4.69) is 34.2 Å². The van der Waals surface area contributed by atoms with Gasteiger partial charge in [0.25, 0.3) is 0 Å². The Balaban J connectivity index is 0.00000243. The Morgan fingerprint density at radius 2 is 1.92 bits per heavy atom. The lowest BCUT2D eigenvalue weighted by molar-refractivity contribution is -0.130. The van der Waals surface area contributed by atoms with Gasteiger partial charge in [0, 0.05) is 51.7 Å². The van der Waals surface area contributed by atoms with Gasteiger partial charge in [-0.2, -0.15) is 0 Å². The molecule has 0 radical (unpaired) electrons. The lowest BCUT2D eigenvalue weighted by Crippen LogP contribution is -2.49. The van der Waals surface area contributed by atoms with Crippen LogP contribution in [0.2, 0.25) is 0 Å². The number of aryl methyl sites for hydroxylation is 1. The van der Waals surface area contributed by atoms with Crippen LogP contribution in [-0.4, -0.2) is 67.6 Å². The molecule has 3 rings (SSSR count). The average molecular weight is 382 g/mol. The molecule has 2 saturated heterocycles. The molecule has 2 aliphatic rings. The van der Waals surface area contributed by atoms with E-state index in [0.29, 0.717) is 18.4 Å². The molecule has 0 spiro atoms. The number of nitrogens with one attached hydrogen (secondary N) is 1. The first-order valence-corrected chi connectivity index (χ1v) is 9.70. The van der Waals surface area contributed by atoms with Crippen molar-refractivity contribution in [3.63, 3.8) is 0 Å². The second-order valence-corrected chi connectivity index (χ2v) is 7.06. The van der Waals surface area contributed by atoms with E-state index in [4.69, 9.17) is 4.74 Å². The van der Waals surface area contributed by atoms with Crippen molar-refractivity contribution in [2.45, 2.75) is 38.6 Å². The van der Waals surface area contributed by atoms with E-state index in [1.165, 1.54) is 5.56 Å². The summed E-state index contributed by atoms with van der Waals surface area (Å²) in [5.41, 5.74) is 1.20. The molecule has 26 heavy (non-hydrogen) atoms. The van der Waals surface area contributed by atoms with Crippen molar-refractivity contribution in [1.82, 2.24) is 15.1 Å². The van der Waals surface area contributed by atoms with Gasteiger partial charge in [0.05, 0.1) is 6.61 Å². The van der Waals surface area contributed by atoms with Crippen LogP contribution in [0.25, 0.3) is 0 Å². The number of ether oxygens (including phenoxy) is 1. The number of likely N-dealkylation sites (tertiary alicyclic amines) is 1. The van der Waals surface area contributed by atoms with Crippen molar-refractivity contribution in [2.24, 2.45) is 0 Å². The fraction of sp³-hybridized carbons (Fsp3) is 0.650. The summed E-state index contributed by atoms with van der Waals surface area (Å²) in [6.45, 7) is 9.04. The Labute approximate surface area is 163 Å². The number of hydrogen-bond acceptors (Lipinski definition) is 4. The molecule has 0 bridgehead atoms. The molecule has 1 amide bonds. The zero-order valence-corrected chi connectivity index (χ0v) is 16.6. The summed E-state index contributed by atoms with van der Waals surface area (Å²) in [5.74, 6) is 1.21. The molecule has 0 saturated carbocycles. The molecule has 5 nitrogen and oxygen atoms in total. The van der Waals surface area contributed by atoms with Crippen molar-refractivity contribution >= 4 is 18.3 Å². The quantitative estimate of drug-likeness (QED) is 0.787. The van der Waals surface area contributed by atoms with Crippen LogP contribution in [0, 0.1) is 0 Å². The minimum atomic E-state index is 0. The second-order valence-electron chi connectivity index (χ2n) is 7.06. The van der Waals surface area contributed by atoms with E-state index < -0.39 is 0 Å². The predicted octanol–water partition coefficient (Wildman–Crippen LogP) is 2.34. The lowest BCUT2D eigenvalue weighted by Gasteiger charge is -2.32. The zero-order valence-electron chi connectivity index (χ0n) is 15.8. The van der Waals surface area contributed by atoms with Crippen LogP contribution in [0.4, 0.5) is 0 Å². The number of benzene rings is 1. The highest BCUT2D eigenvalue weighted by atomic mass is 35.5. The van der Waals surface area contributed by atoms with Crippen molar-refractivity contribution in [3.8, 4) is 5.75 Å². The molecular formula is C20H32ClN3O2. The monoisotopic (exact) mass is 381 g/mol. The van der Waals surface area contributed by atoms with E-state index in [0.717, 1.165) is 70.9 Å². The molecule has 1 N–H and O–H groups in total. The number of amides is 1. The Morgan fingerprint density at radius 3 is 2.62 bits per heavy atom. The first-order valence-electron chi connectivity index (χ1n) is 9.70. The van der Waals surface area contributed by atoms with Crippen LogP contribution < -0.4 is 10.1 Å². The number of halogens is 1. The largest absolute Gasteiger partial charge is 0.494 e. The van der Waals surface area contributed by atoms with Crippen LogP contribution in [-0.2, 0) is 11.2 Å². The Hall–Kier alpha value is -1.30. The smallest absolute Gasteiger partial charge is 0.222 e. The lowest BCUT2D eigenvalue weighted by atomic mass is 10.1. The first kappa shape index (κ1) is 21.0. The van der Waals surface area contributed by atoms with Gasteiger partial charge < -0.3 is 15.0 Å². The van der Waals surface area contributed by atoms with Gasteiger partial charge in [0.2, 0.25) is 5.91 Å². The molecule has 1 atom stereocenters. The Morgan fingerprint density at radius 1 is 1.19 bits per heavy atom. The Bertz CT molecular complexity index is 546. The topological polar surface area (TPSA) is 44.8 Å². The minimum Gasteiger partial charge on any atom is -0.494 e. The van der Waals surface area contributed by atoms with Gasteiger partial charge in [0.15, 0.2) is 0 Å². The number of carbonyl (C=O) groups excluding carboxylic acids is 1. The number of carbonyl (C=O) groups is 1. The maximum atomic E-state index is 12.5. The van der Waals surface area contributed by atoms with E-state index in [1.54, 1.807) is 0 Å². The van der Waals surface area contributed by atoms with Crippen LogP contribution in [0.15, 0.2) is 24.3 Å². The fourth-order valence-corrected chi connectivity index (χ4v) is 3.70. The Kier molecular flexibility index (Phi) is 8.69. The highest BCUT2D eigenvalue weighted by molar-refractivity contribution is 5.85. The molecule has 1 aromatic carbocycles. The van der Waals surface area contributed by atoms with E-state index in [9.17, 15) is 4.79 Å². The predicted molar refractivity (Wildman–Crippen MR) is 107 cm³/mol. The van der Waals surface area contributed by atoms with Gasteiger partial charge in [-0.3, -0.25) is 9.69 Å². The van der Waals surface area contributed by atoms with E-state index >= 15 is 0 Å². The molecular weight excluding hydrogens is 350 g/mol. The summed E-state index contributed by atoms with van der Waals surface area (Å²) in [6, 6.07) is 8.72. The third kappa shape index (κ3) is 5.86. The summed E-state index contributed by atoms with van der Waals surface area (Å²) in [6.07, 6.45) is 3.54. The SMILES string of the molecule is CCCOc1ccc(CCC(=O)N2CCC(N3CCNCC3)C2)cc1.Cl. The molecule has 6 heteroatoms. The van der Waals surface area contributed by atoms with Crippen molar-refractivity contribution in [2.75, 3.05) is 45.9 Å². The van der Waals surface area contributed by atoms with Gasteiger partial charge >= 0.3 is 0 Å². The molecule has 1 aromatic rings. The van der Waals surface area contributed by atoms with Crippen LogP contribution >= 0.6 is 12.4 Å². The fourth-order valence-electron chi connectivity index (χ4n) is 3.70. The number of nitrogens with zero attached hydrogens (tertiary/aromatic N) is 2. The second kappa shape index (κ2) is 10.8. The standard InChI is InChI=1S/C20H31N3O2.ClH/c1-2-15-25-19-6-3-17(4-7-19)5-8-20(24)23-12-9-18(16-23)22-13-10-21-11-14-22;/h3-4,6-7,18,21H,2,5,8-16H2,1H3;1H. The normalized spacial score (nSPS) is 20.7. The van der Waals surface area contributed by atoms with Gasteiger partial charge in [0.1, 0.15) is 5.75 Å². The van der Waals surface area contributed by atoms with Crippen molar-refractivity contribution in [1.29, 1.82) is 0 Å². The van der Waals surface area contributed by atoms with Crippen LogP contribution in [0.1, 0.15) is 31.7 Å². The minimum absolute atomic E-state index is 0. The summed E-state index contributed by atoms with van der Waals surface area (Å²) < 4.78 is 5.60. The molecule has 0 aliphatic carbocycles. The van der Waals surface area contributed by atoms with Crippen LogP contribution in [0.5, 0.6) is 5.75 Å². The van der Waals surface area contributed by atoms with Gasteiger partial charge in [-0.1, -0.05) is 19.1 Å². The number of piperazine rings is 1. The molecule has 2 fully saturated rings. The third-order valence-electron chi connectivity index (χ3n) is 5.21. The van der Waals surface area contributed by atoms with Crippen molar-refractivity contribution < 1.29 is 9.53 Å². The number of hydrogen-bond donors (Lipinski definition) is 1. The maximum Gasteiger partial charge on any atom is 0.222 e. The van der Waals surface area contributed by atoms with Gasteiger partial charge in [-0.05, 0) is 37.0 Å². The van der Waals surface area contributed by atoms with Gasteiger partial charge in [-0.25, -0.2) is 0 Å². The molecule has 0 aromatic heterocycles. The molecule has 146 valence electrons. The zero-order chi connectivity index (χ0) is 17.5. The maximum absolute atomic E-state index is 12.5. The highest BCUT2D eigenvalue weighted by Crippen LogP contribution is 2.18. The van der Waals surface area contributed by atoms with Crippen molar-refractivity contribution in [3.05, 3.63) is 29.8 Å². The third-order valence-corrected chi connectivity index (χ3v) is 5.21. The molecule has 2 aliphatic heterocycles. The molecule has 1 unspecified atom stereocenters.